The van der Waals surface area contributed by atoms with Gasteiger partial charge >= 0.3 is 0 Å². The SMILES string of the molecule is CCC1NC(=O)CCN(C2CC(OC)C2(C)C)C1=O. The minimum absolute atomic E-state index is 0.0249. The number of hydrogen-bond acceptors (Lipinski definition) is 3. The Labute approximate surface area is 114 Å². The number of hydrogen-bond donors (Lipinski definition) is 1. The molecule has 2 fully saturated rings. The fourth-order valence-electron chi connectivity index (χ4n) is 3.24. The van der Waals surface area contributed by atoms with E-state index in [0.717, 1.165) is 6.42 Å². The minimum Gasteiger partial charge on any atom is -0.381 e. The monoisotopic (exact) mass is 268 g/mol. The van der Waals surface area contributed by atoms with Crippen LogP contribution in [0.25, 0.3) is 0 Å². The Bertz CT molecular complexity index is 381. The number of carbonyl (C=O) groups excluding carboxylic acids is 2. The molecule has 2 aliphatic rings. The van der Waals surface area contributed by atoms with Gasteiger partial charge in [-0.2, -0.15) is 0 Å². The Morgan fingerprint density at radius 2 is 2.11 bits per heavy atom. The van der Waals surface area contributed by atoms with Crippen LogP contribution < -0.4 is 5.32 Å². The van der Waals surface area contributed by atoms with E-state index in [1.807, 2.05) is 11.8 Å². The summed E-state index contributed by atoms with van der Waals surface area (Å²) in [6, 6.07) is -0.195. The Morgan fingerprint density at radius 1 is 1.42 bits per heavy atom. The van der Waals surface area contributed by atoms with E-state index in [9.17, 15) is 9.59 Å². The zero-order valence-corrected chi connectivity index (χ0v) is 12.2. The predicted molar refractivity (Wildman–Crippen MR) is 71.5 cm³/mol. The highest BCUT2D eigenvalue weighted by Gasteiger charge is 2.53. The van der Waals surface area contributed by atoms with Crippen LogP contribution in [0.4, 0.5) is 0 Å². The van der Waals surface area contributed by atoms with Gasteiger partial charge in [0.05, 0.1) is 6.10 Å². The molecule has 1 saturated heterocycles. The molecule has 5 heteroatoms. The van der Waals surface area contributed by atoms with Crippen molar-refractivity contribution in [2.24, 2.45) is 5.41 Å². The van der Waals surface area contributed by atoms with Crippen molar-refractivity contribution in [3.63, 3.8) is 0 Å². The third-order valence-electron chi connectivity index (χ3n) is 4.69. The van der Waals surface area contributed by atoms with Crippen molar-refractivity contribution in [1.82, 2.24) is 10.2 Å². The lowest BCUT2D eigenvalue weighted by Gasteiger charge is -2.55. The molecule has 0 spiro atoms. The van der Waals surface area contributed by atoms with Crippen molar-refractivity contribution >= 4 is 11.8 Å². The van der Waals surface area contributed by atoms with Gasteiger partial charge in [-0.15, -0.1) is 0 Å². The van der Waals surface area contributed by atoms with Crippen LogP contribution in [0, 0.1) is 5.41 Å². The maximum Gasteiger partial charge on any atom is 0.245 e. The summed E-state index contributed by atoms with van der Waals surface area (Å²) in [4.78, 5) is 26.0. The zero-order valence-electron chi connectivity index (χ0n) is 12.2. The van der Waals surface area contributed by atoms with E-state index in [-0.39, 0.29) is 35.4 Å². The van der Waals surface area contributed by atoms with Gasteiger partial charge in [-0.1, -0.05) is 20.8 Å². The van der Waals surface area contributed by atoms with Gasteiger partial charge in [0.25, 0.3) is 0 Å². The van der Waals surface area contributed by atoms with Crippen LogP contribution in [0.1, 0.15) is 40.0 Å². The first kappa shape index (κ1) is 14.3. The van der Waals surface area contributed by atoms with E-state index in [2.05, 4.69) is 19.2 Å². The molecule has 1 aliphatic carbocycles. The standard InChI is InChI=1S/C14H24N2O3/c1-5-9-13(18)16(7-6-12(17)15-9)10-8-11(19-4)14(10,2)3/h9-11H,5-8H2,1-4H3,(H,15,17). The van der Waals surface area contributed by atoms with Gasteiger partial charge in [-0.25, -0.2) is 0 Å². The number of methoxy groups -OCH3 is 1. The second kappa shape index (κ2) is 5.12. The summed E-state index contributed by atoms with van der Waals surface area (Å²) in [6.45, 7) is 6.70. The van der Waals surface area contributed by atoms with Crippen LogP contribution in [0.2, 0.25) is 0 Å². The topological polar surface area (TPSA) is 58.6 Å². The van der Waals surface area contributed by atoms with Crippen LogP contribution >= 0.6 is 0 Å². The smallest absolute Gasteiger partial charge is 0.245 e. The van der Waals surface area contributed by atoms with Crippen LogP contribution in [0.5, 0.6) is 0 Å². The first-order valence-electron chi connectivity index (χ1n) is 7.04. The van der Waals surface area contributed by atoms with Gasteiger partial charge in [0, 0.05) is 31.5 Å². The van der Waals surface area contributed by atoms with E-state index >= 15 is 0 Å². The summed E-state index contributed by atoms with van der Waals surface area (Å²) in [7, 11) is 1.72. The molecular formula is C14H24N2O3. The Kier molecular flexibility index (Phi) is 3.85. The van der Waals surface area contributed by atoms with E-state index < -0.39 is 0 Å². The van der Waals surface area contributed by atoms with Gasteiger partial charge in [0.2, 0.25) is 11.8 Å². The molecule has 3 unspecified atom stereocenters. The highest BCUT2D eigenvalue weighted by Crippen LogP contribution is 2.46. The van der Waals surface area contributed by atoms with Crippen molar-refractivity contribution < 1.29 is 14.3 Å². The lowest BCUT2D eigenvalue weighted by Crippen LogP contribution is -2.64. The van der Waals surface area contributed by atoms with Crippen molar-refractivity contribution in [2.45, 2.75) is 58.2 Å². The fraction of sp³-hybridized carbons (Fsp3) is 0.857. The fourth-order valence-corrected chi connectivity index (χ4v) is 3.24. The molecule has 0 radical (unpaired) electrons. The number of rotatable bonds is 3. The van der Waals surface area contributed by atoms with Crippen molar-refractivity contribution in [1.29, 1.82) is 0 Å². The Balaban J connectivity index is 2.15. The molecule has 1 aliphatic heterocycles. The molecule has 2 amide bonds. The maximum atomic E-state index is 12.5. The molecule has 0 aromatic rings. The average molecular weight is 268 g/mol. The van der Waals surface area contributed by atoms with Gasteiger partial charge in [-0.3, -0.25) is 9.59 Å². The molecule has 0 bridgehead atoms. The van der Waals surface area contributed by atoms with E-state index in [4.69, 9.17) is 4.74 Å². The second-order valence-electron chi connectivity index (χ2n) is 6.11. The number of amides is 2. The number of nitrogens with one attached hydrogen (secondary N) is 1. The quantitative estimate of drug-likeness (QED) is 0.828. The minimum atomic E-state index is -0.368. The molecule has 5 nitrogen and oxygen atoms in total. The van der Waals surface area contributed by atoms with E-state index in [0.29, 0.717) is 19.4 Å². The largest absolute Gasteiger partial charge is 0.381 e. The summed E-state index contributed by atoms with van der Waals surface area (Å²) >= 11 is 0. The molecule has 1 saturated carbocycles. The van der Waals surface area contributed by atoms with Crippen LogP contribution in [0.15, 0.2) is 0 Å². The molecule has 0 aromatic carbocycles. The zero-order chi connectivity index (χ0) is 14.2. The van der Waals surface area contributed by atoms with Gasteiger partial charge in [-0.05, 0) is 12.8 Å². The van der Waals surface area contributed by atoms with E-state index in [1.54, 1.807) is 7.11 Å². The average Bonchev–Trinajstić information content (AvgIpc) is 2.50. The van der Waals surface area contributed by atoms with Crippen LogP contribution in [0.3, 0.4) is 0 Å². The molecule has 19 heavy (non-hydrogen) atoms. The molecule has 0 aromatic heterocycles. The highest BCUT2D eigenvalue weighted by molar-refractivity contribution is 5.90. The summed E-state index contributed by atoms with van der Waals surface area (Å²) in [5.41, 5.74) is -0.0455. The predicted octanol–water partition coefficient (Wildman–Crippen LogP) is 0.927. The van der Waals surface area contributed by atoms with Gasteiger partial charge < -0.3 is 15.0 Å². The normalized spacial score (nSPS) is 34.5. The van der Waals surface area contributed by atoms with Crippen LogP contribution in [-0.4, -0.2) is 48.6 Å². The maximum absolute atomic E-state index is 12.5. The van der Waals surface area contributed by atoms with Gasteiger partial charge in [0.1, 0.15) is 6.04 Å². The molecule has 1 N–H and O–H groups in total. The van der Waals surface area contributed by atoms with Gasteiger partial charge in [0.15, 0.2) is 0 Å². The molecular weight excluding hydrogens is 244 g/mol. The van der Waals surface area contributed by atoms with Crippen LogP contribution in [-0.2, 0) is 14.3 Å². The summed E-state index contributed by atoms with van der Waals surface area (Å²) in [6.07, 6.45) is 2.09. The number of carbonyl (C=O) groups is 2. The highest BCUT2D eigenvalue weighted by atomic mass is 16.5. The first-order chi connectivity index (χ1) is 8.91. The lowest BCUT2D eigenvalue weighted by atomic mass is 9.63. The number of ether oxygens (including phenoxy) is 1. The third kappa shape index (κ3) is 2.36. The summed E-state index contributed by atoms with van der Waals surface area (Å²) < 4.78 is 5.44. The Morgan fingerprint density at radius 3 is 2.63 bits per heavy atom. The Hall–Kier alpha value is -1.10. The second-order valence-corrected chi connectivity index (χ2v) is 6.11. The third-order valence-corrected chi connectivity index (χ3v) is 4.69. The molecule has 108 valence electrons. The molecule has 3 atom stereocenters. The molecule has 2 rings (SSSR count). The van der Waals surface area contributed by atoms with Crippen molar-refractivity contribution in [3.05, 3.63) is 0 Å². The molecule has 1 heterocycles. The number of nitrogens with zero attached hydrogens (tertiary/aromatic N) is 1. The first-order valence-corrected chi connectivity index (χ1v) is 7.04. The van der Waals surface area contributed by atoms with Crippen molar-refractivity contribution in [2.75, 3.05) is 13.7 Å². The lowest BCUT2D eigenvalue weighted by molar-refractivity contribution is -0.162. The van der Waals surface area contributed by atoms with E-state index in [1.165, 1.54) is 0 Å². The summed E-state index contributed by atoms with van der Waals surface area (Å²) in [5, 5.41) is 2.80. The van der Waals surface area contributed by atoms with Crippen molar-refractivity contribution in [3.8, 4) is 0 Å². The summed E-state index contributed by atoms with van der Waals surface area (Å²) in [5.74, 6) is 0.0316.